The van der Waals surface area contributed by atoms with Crippen molar-refractivity contribution in [1.29, 1.82) is 0 Å². The summed E-state index contributed by atoms with van der Waals surface area (Å²) in [5, 5.41) is 3.18. The SMILES string of the molecule is C=CC(=O)NC(C1CCCCC1)C1CCC1. The van der Waals surface area contributed by atoms with Gasteiger partial charge in [-0.05, 0) is 43.6 Å². The van der Waals surface area contributed by atoms with Crippen molar-refractivity contribution in [3.05, 3.63) is 12.7 Å². The van der Waals surface area contributed by atoms with Crippen LogP contribution in [0.5, 0.6) is 0 Å². The number of amides is 1. The molecule has 0 aromatic carbocycles. The van der Waals surface area contributed by atoms with E-state index in [1.165, 1.54) is 57.4 Å². The molecule has 90 valence electrons. The molecular weight excluding hydrogens is 198 g/mol. The summed E-state index contributed by atoms with van der Waals surface area (Å²) in [5.74, 6) is 1.48. The third-order valence-corrected chi connectivity index (χ3v) is 4.31. The molecule has 2 aliphatic rings. The van der Waals surface area contributed by atoms with Gasteiger partial charge in [0.25, 0.3) is 0 Å². The quantitative estimate of drug-likeness (QED) is 0.726. The van der Waals surface area contributed by atoms with Gasteiger partial charge in [0.15, 0.2) is 0 Å². The van der Waals surface area contributed by atoms with Crippen LogP contribution in [0, 0.1) is 11.8 Å². The Bertz CT molecular complexity index is 251. The van der Waals surface area contributed by atoms with E-state index in [4.69, 9.17) is 0 Å². The number of nitrogens with one attached hydrogen (secondary N) is 1. The molecule has 1 N–H and O–H groups in total. The highest BCUT2D eigenvalue weighted by atomic mass is 16.1. The lowest BCUT2D eigenvalue weighted by Gasteiger charge is -2.40. The lowest BCUT2D eigenvalue weighted by atomic mass is 9.71. The fourth-order valence-electron chi connectivity index (χ4n) is 3.14. The summed E-state index contributed by atoms with van der Waals surface area (Å²) >= 11 is 0. The lowest BCUT2D eigenvalue weighted by molar-refractivity contribution is -0.118. The van der Waals surface area contributed by atoms with E-state index in [1.54, 1.807) is 0 Å². The minimum Gasteiger partial charge on any atom is -0.349 e. The fraction of sp³-hybridized carbons (Fsp3) is 0.786. The highest BCUT2D eigenvalue weighted by molar-refractivity contribution is 5.87. The van der Waals surface area contributed by atoms with Gasteiger partial charge < -0.3 is 5.32 Å². The van der Waals surface area contributed by atoms with Crippen LogP contribution < -0.4 is 5.32 Å². The number of hydrogen-bond acceptors (Lipinski definition) is 1. The topological polar surface area (TPSA) is 29.1 Å². The van der Waals surface area contributed by atoms with Crippen molar-refractivity contribution in [2.45, 2.75) is 57.4 Å². The van der Waals surface area contributed by atoms with Crippen molar-refractivity contribution in [3.63, 3.8) is 0 Å². The van der Waals surface area contributed by atoms with E-state index in [2.05, 4.69) is 11.9 Å². The first-order valence-electron chi connectivity index (χ1n) is 6.74. The third kappa shape index (κ3) is 2.66. The first kappa shape index (κ1) is 11.7. The van der Waals surface area contributed by atoms with Crippen molar-refractivity contribution in [3.8, 4) is 0 Å². The van der Waals surface area contributed by atoms with Gasteiger partial charge in [-0.1, -0.05) is 32.3 Å². The maximum Gasteiger partial charge on any atom is 0.243 e. The molecule has 16 heavy (non-hydrogen) atoms. The number of carbonyl (C=O) groups is 1. The van der Waals surface area contributed by atoms with Crippen LogP contribution in [0.2, 0.25) is 0 Å². The minimum atomic E-state index is 0.0162. The second-order valence-electron chi connectivity index (χ2n) is 5.33. The third-order valence-electron chi connectivity index (χ3n) is 4.31. The van der Waals surface area contributed by atoms with Gasteiger partial charge in [0.2, 0.25) is 5.91 Å². The number of hydrogen-bond donors (Lipinski definition) is 1. The predicted octanol–water partition coefficient (Wildman–Crippen LogP) is 3.04. The van der Waals surface area contributed by atoms with Gasteiger partial charge in [0.05, 0.1) is 0 Å². The van der Waals surface area contributed by atoms with Crippen molar-refractivity contribution in [2.24, 2.45) is 11.8 Å². The zero-order valence-corrected chi connectivity index (χ0v) is 10.1. The second-order valence-corrected chi connectivity index (χ2v) is 5.33. The fourth-order valence-corrected chi connectivity index (χ4v) is 3.14. The monoisotopic (exact) mass is 221 g/mol. The Kier molecular flexibility index (Phi) is 4.03. The summed E-state index contributed by atoms with van der Waals surface area (Å²) in [6.45, 7) is 3.55. The van der Waals surface area contributed by atoms with Crippen molar-refractivity contribution >= 4 is 5.91 Å². The van der Waals surface area contributed by atoms with Crippen LogP contribution in [0.15, 0.2) is 12.7 Å². The molecule has 2 saturated carbocycles. The summed E-state index contributed by atoms with van der Waals surface area (Å²) in [6.07, 6.45) is 12.0. The maximum absolute atomic E-state index is 11.5. The minimum absolute atomic E-state index is 0.0162. The highest BCUT2D eigenvalue weighted by Gasteiger charge is 2.34. The second kappa shape index (κ2) is 5.51. The molecule has 1 unspecified atom stereocenters. The van der Waals surface area contributed by atoms with Crippen molar-refractivity contribution < 1.29 is 4.79 Å². The summed E-state index contributed by atoms with van der Waals surface area (Å²) in [5.41, 5.74) is 0. The molecule has 2 aliphatic carbocycles. The molecule has 2 heteroatoms. The zero-order chi connectivity index (χ0) is 11.4. The van der Waals surface area contributed by atoms with Gasteiger partial charge in [-0.25, -0.2) is 0 Å². The van der Waals surface area contributed by atoms with E-state index in [0.717, 1.165) is 11.8 Å². The molecule has 0 aromatic rings. The molecule has 0 bridgehead atoms. The average molecular weight is 221 g/mol. The Morgan fingerprint density at radius 3 is 2.06 bits per heavy atom. The molecule has 0 radical (unpaired) electrons. The Morgan fingerprint density at radius 2 is 1.62 bits per heavy atom. The van der Waals surface area contributed by atoms with Gasteiger partial charge in [0, 0.05) is 6.04 Å². The normalized spacial score (nSPS) is 24.5. The molecule has 0 aromatic heterocycles. The zero-order valence-electron chi connectivity index (χ0n) is 10.1. The smallest absolute Gasteiger partial charge is 0.243 e. The molecule has 2 nitrogen and oxygen atoms in total. The van der Waals surface area contributed by atoms with Crippen LogP contribution in [-0.2, 0) is 4.79 Å². The van der Waals surface area contributed by atoms with Gasteiger partial charge in [-0.15, -0.1) is 0 Å². The van der Waals surface area contributed by atoms with Crippen LogP contribution in [0.3, 0.4) is 0 Å². The van der Waals surface area contributed by atoms with Crippen molar-refractivity contribution in [2.75, 3.05) is 0 Å². The lowest BCUT2D eigenvalue weighted by Crippen LogP contribution is -2.47. The predicted molar refractivity (Wildman–Crippen MR) is 66.0 cm³/mol. The Hall–Kier alpha value is -0.790. The highest BCUT2D eigenvalue weighted by Crippen LogP contribution is 2.37. The number of carbonyl (C=O) groups excluding carboxylic acids is 1. The molecule has 0 heterocycles. The van der Waals surface area contributed by atoms with Gasteiger partial charge >= 0.3 is 0 Å². The summed E-state index contributed by atoms with van der Waals surface area (Å²) in [4.78, 5) is 11.5. The Labute approximate surface area is 98.5 Å². The van der Waals surface area contributed by atoms with Crippen LogP contribution in [0.4, 0.5) is 0 Å². The standard InChI is InChI=1S/C14H23NO/c1-2-13(16)15-14(12-9-6-10-12)11-7-4-3-5-8-11/h2,11-12,14H,1,3-10H2,(H,15,16). The molecule has 2 rings (SSSR count). The molecule has 0 aliphatic heterocycles. The summed E-state index contributed by atoms with van der Waals surface area (Å²) in [7, 11) is 0. The first-order chi connectivity index (χ1) is 7.81. The summed E-state index contributed by atoms with van der Waals surface area (Å²) < 4.78 is 0. The largest absolute Gasteiger partial charge is 0.349 e. The van der Waals surface area contributed by atoms with Crippen LogP contribution in [0.25, 0.3) is 0 Å². The van der Waals surface area contributed by atoms with E-state index in [9.17, 15) is 4.79 Å². The van der Waals surface area contributed by atoms with E-state index in [0.29, 0.717) is 6.04 Å². The van der Waals surface area contributed by atoms with Crippen LogP contribution in [0.1, 0.15) is 51.4 Å². The van der Waals surface area contributed by atoms with Crippen LogP contribution in [-0.4, -0.2) is 11.9 Å². The first-order valence-corrected chi connectivity index (χ1v) is 6.74. The molecule has 1 amide bonds. The van der Waals surface area contributed by atoms with Gasteiger partial charge in [-0.2, -0.15) is 0 Å². The molecule has 0 saturated heterocycles. The Balaban J connectivity index is 1.94. The average Bonchev–Trinajstić information content (AvgIpc) is 2.27. The van der Waals surface area contributed by atoms with Gasteiger partial charge in [-0.3, -0.25) is 4.79 Å². The summed E-state index contributed by atoms with van der Waals surface area (Å²) in [6, 6.07) is 0.430. The van der Waals surface area contributed by atoms with Crippen molar-refractivity contribution in [1.82, 2.24) is 5.32 Å². The van der Waals surface area contributed by atoms with Crippen LogP contribution >= 0.6 is 0 Å². The maximum atomic E-state index is 11.5. The molecular formula is C14H23NO. The van der Waals surface area contributed by atoms with E-state index in [1.807, 2.05) is 0 Å². The van der Waals surface area contributed by atoms with E-state index in [-0.39, 0.29) is 5.91 Å². The molecule has 2 fully saturated rings. The Morgan fingerprint density at radius 1 is 1.06 bits per heavy atom. The van der Waals surface area contributed by atoms with E-state index >= 15 is 0 Å². The van der Waals surface area contributed by atoms with Gasteiger partial charge in [0.1, 0.15) is 0 Å². The number of rotatable bonds is 4. The van der Waals surface area contributed by atoms with E-state index < -0.39 is 0 Å². The molecule has 1 atom stereocenters. The molecule has 0 spiro atoms.